The molecule has 0 N–H and O–H groups in total. The van der Waals surface area contributed by atoms with Crippen molar-refractivity contribution in [2.45, 2.75) is 6.54 Å². The van der Waals surface area contributed by atoms with Gasteiger partial charge in [0.05, 0.1) is 18.2 Å². The van der Waals surface area contributed by atoms with Gasteiger partial charge in [-0.15, -0.1) is 0 Å². The molecule has 5 heteroatoms. The Morgan fingerprint density at radius 2 is 2.00 bits per heavy atom. The Morgan fingerprint density at radius 1 is 1.22 bits per heavy atom. The average molecular weight is 241 g/mol. The quantitative estimate of drug-likeness (QED) is 0.717. The minimum absolute atomic E-state index is 0.282. The van der Waals surface area contributed by atoms with Crippen molar-refractivity contribution in [2.24, 2.45) is 7.05 Å². The Labute approximate surface area is 103 Å². The topological polar surface area (TPSA) is 67.8 Å². The predicted octanol–water partition coefficient (Wildman–Crippen LogP) is 0.467. The van der Waals surface area contributed by atoms with Crippen LogP contribution in [0.5, 0.6) is 0 Å². The summed E-state index contributed by atoms with van der Waals surface area (Å²) in [5.41, 5.74) is 0.213. The molecule has 0 bridgehead atoms. The molecule has 1 aromatic carbocycles. The Kier molecular flexibility index (Phi) is 3.11. The van der Waals surface area contributed by atoms with E-state index in [4.69, 9.17) is 5.26 Å². The van der Waals surface area contributed by atoms with Crippen LogP contribution in [0.25, 0.3) is 0 Å². The number of aryl methyl sites for hydroxylation is 1. The zero-order chi connectivity index (χ0) is 13.1. The van der Waals surface area contributed by atoms with Crippen molar-refractivity contribution < 1.29 is 0 Å². The van der Waals surface area contributed by atoms with E-state index in [9.17, 15) is 9.59 Å². The van der Waals surface area contributed by atoms with Crippen molar-refractivity contribution in [3.8, 4) is 6.07 Å². The monoisotopic (exact) mass is 241 g/mol. The molecule has 2 aromatic rings. The maximum absolute atomic E-state index is 11.7. The first-order chi connectivity index (χ1) is 8.61. The summed E-state index contributed by atoms with van der Waals surface area (Å²) in [6, 6.07) is 8.98. The third-order valence-corrected chi connectivity index (χ3v) is 2.64. The Balaban J connectivity index is 2.41. The summed E-state index contributed by atoms with van der Waals surface area (Å²) < 4.78 is 2.57. The first-order valence-electron chi connectivity index (χ1n) is 5.37. The third kappa shape index (κ3) is 2.23. The molecule has 0 radical (unpaired) electrons. The molecule has 0 amide bonds. The highest BCUT2D eigenvalue weighted by atomic mass is 16.2. The van der Waals surface area contributed by atoms with E-state index in [1.165, 1.54) is 22.4 Å². The summed E-state index contributed by atoms with van der Waals surface area (Å²) in [6.07, 6.45) is 3.10. The number of nitriles is 1. The van der Waals surface area contributed by atoms with E-state index in [0.717, 1.165) is 5.56 Å². The molecular weight excluding hydrogens is 230 g/mol. The maximum Gasteiger partial charge on any atom is 0.316 e. The highest BCUT2D eigenvalue weighted by molar-refractivity contribution is 5.32. The lowest BCUT2D eigenvalue weighted by Gasteiger charge is -2.06. The van der Waals surface area contributed by atoms with E-state index in [2.05, 4.69) is 0 Å². The smallest absolute Gasteiger partial charge is 0.312 e. The van der Waals surface area contributed by atoms with Gasteiger partial charge in [0.25, 0.3) is 0 Å². The van der Waals surface area contributed by atoms with Crippen molar-refractivity contribution in [1.29, 1.82) is 5.26 Å². The number of rotatable bonds is 2. The largest absolute Gasteiger partial charge is 0.316 e. The summed E-state index contributed by atoms with van der Waals surface area (Å²) in [4.78, 5) is 23.2. The van der Waals surface area contributed by atoms with Gasteiger partial charge in [-0.3, -0.25) is 9.59 Å². The molecule has 0 saturated carbocycles. The molecule has 0 atom stereocenters. The van der Waals surface area contributed by atoms with Crippen LogP contribution in [-0.2, 0) is 13.6 Å². The van der Waals surface area contributed by atoms with Crippen LogP contribution in [0.4, 0.5) is 0 Å². The first kappa shape index (κ1) is 11.9. The standard InChI is InChI=1S/C13H11N3O2/c1-15-5-6-16(13(18)12(15)17)9-11-4-2-3-10(7-11)8-14/h2-7H,9H2,1H3. The van der Waals surface area contributed by atoms with Gasteiger partial charge in [-0.2, -0.15) is 5.26 Å². The van der Waals surface area contributed by atoms with Gasteiger partial charge >= 0.3 is 11.1 Å². The van der Waals surface area contributed by atoms with Crippen molar-refractivity contribution >= 4 is 0 Å². The van der Waals surface area contributed by atoms with E-state index >= 15 is 0 Å². The molecule has 0 aliphatic rings. The zero-order valence-corrected chi connectivity index (χ0v) is 9.83. The van der Waals surface area contributed by atoms with Crippen LogP contribution >= 0.6 is 0 Å². The Bertz CT molecular complexity index is 735. The fraction of sp³-hybridized carbons (Fsp3) is 0.154. The molecule has 1 heterocycles. The number of benzene rings is 1. The molecule has 18 heavy (non-hydrogen) atoms. The van der Waals surface area contributed by atoms with Crippen LogP contribution in [0.3, 0.4) is 0 Å². The SMILES string of the molecule is Cn1ccn(Cc2cccc(C#N)c2)c(=O)c1=O. The molecule has 0 aliphatic heterocycles. The second-order valence-electron chi connectivity index (χ2n) is 3.96. The van der Waals surface area contributed by atoms with Crippen molar-refractivity contribution in [1.82, 2.24) is 9.13 Å². The highest BCUT2D eigenvalue weighted by Crippen LogP contribution is 2.04. The summed E-state index contributed by atoms with van der Waals surface area (Å²) in [6.45, 7) is 0.282. The molecule has 90 valence electrons. The number of aromatic nitrogens is 2. The van der Waals surface area contributed by atoms with Gasteiger partial charge < -0.3 is 9.13 Å². The first-order valence-corrected chi connectivity index (χ1v) is 5.37. The fourth-order valence-corrected chi connectivity index (χ4v) is 1.65. The van der Waals surface area contributed by atoms with Crippen molar-refractivity contribution in [3.05, 3.63) is 68.5 Å². The molecular formula is C13H11N3O2. The van der Waals surface area contributed by atoms with Crippen molar-refractivity contribution in [3.63, 3.8) is 0 Å². The normalized spacial score (nSPS) is 10.0. The van der Waals surface area contributed by atoms with E-state index in [1.807, 2.05) is 12.1 Å². The molecule has 0 spiro atoms. The average Bonchev–Trinajstić information content (AvgIpc) is 2.40. The van der Waals surface area contributed by atoms with Crippen LogP contribution in [-0.4, -0.2) is 9.13 Å². The summed E-state index contributed by atoms with van der Waals surface area (Å²) >= 11 is 0. The van der Waals surface area contributed by atoms with Crippen LogP contribution < -0.4 is 11.1 Å². The van der Waals surface area contributed by atoms with Crippen LogP contribution in [0.15, 0.2) is 46.2 Å². The predicted molar refractivity (Wildman–Crippen MR) is 66.2 cm³/mol. The minimum Gasteiger partial charge on any atom is -0.312 e. The summed E-state index contributed by atoms with van der Waals surface area (Å²) in [5.74, 6) is 0. The van der Waals surface area contributed by atoms with Crippen LogP contribution in [0.1, 0.15) is 11.1 Å². The van der Waals surface area contributed by atoms with Gasteiger partial charge in [0, 0.05) is 19.4 Å². The lowest BCUT2D eigenvalue weighted by Crippen LogP contribution is -2.39. The van der Waals surface area contributed by atoms with E-state index in [0.29, 0.717) is 5.56 Å². The second-order valence-corrected chi connectivity index (χ2v) is 3.96. The van der Waals surface area contributed by atoms with E-state index < -0.39 is 11.1 Å². The van der Waals surface area contributed by atoms with Gasteiger partial charge in [-0.1, -0.05) is 12.1 Å². The molecule has 0 fully saturated rings. The van der Waals surface area contributed by atoms with Crippen molar-refractivity contribution in [2.75, 3.05) is 0 Å². The number of hydrogen-bond acceptors (Lipinski definition) is 3. The third-order valence-electron chi connectivity index (χ3n) is 2.64. The van der Waals surface area contributed by atoms with Gasteiger partial charge in [0.15, 0.2) is 0 Å². The van der Waals surface area contributed by atoms with Gasteiger partial charge in [0.1, 0.15) is 0 Å². The summed E-state index contributed by atoms with van der Waals surface area (Å²) in [5, 5.41) is 8.79. The highest BCUT2D eigenvalue weighted by Gasteiger charge is 2.03. The molecule has 0 unspecified atom stereocenters. The minimum atomic E-state index is -0.567. The summed E-state index contributed by atoms with van der Waals surface area (Å²) in [7, 11) is 1.53. The van der Waals surface area contributed by atoms with Crippen LogP contribution in [0, 0.1) is 11.3 Å². The fourth-order valence-electron chi connectivity index (χ4n) is 1.65. The molecule has 2 rings (SSSR count). The second kappa shape index (κ2) is 4.72. The Morgan fingerprint density at radius 3 is 2.72 bits per heavy atom. The number of nitrogens with zero attached hydrogens (tertiary/aromatic N) is 3. The van der Waals surface area contributed by atoms with Crippen LogP contribution in [0.2, 0.25) is 0 Å². The number of hydrogen-bond donors (Lipinski definition) is 0. The van der Waals surface area contributed by atoms with Gasteiger partial charge in [0.2, 0.25) is 0 Å². The molecule has 0 aliphatic carbocycles. The van der Waals surface area contributed by atoms with E-state index in [1.54, 1.807) is 24.4 Å². The molecule has 5 nitrogen and oxygen atoms in total. The lowest BCUT2D eigenvalue weighted by molar-refractivity contribution is 0.695. The molecule has 1 aromatic heterocycles. The Hall–Kier alpha value is -2.61. The van der Waals surface area contributed by atoms with E-state index in [-0.39, 0.29) is 6.54 Å². The molecule has 0 saturated heterocycles. The lowest BCUT2D eigenvalue weighted by atomic mass is 10.1. The maximum atomic E-state index is 11.7. The zero-order valence-electron chi connectivity index (χ0n) is 9.83. The van der Waals surface area contributed by atoms with Gasteiger partial charge in [-0.05, 0) is 17.7 Å². The van der Waals surface area contributed by atoms with Gasteiger partial charge in [-0.25, -0.2) is 0 Å².